The molecule has 1 aliphatic rings. The fraction of sp³-hybridized carbons (Fsp3) is 0.391. The Kier molecular flexibility index (Phi) is 7.50. The van der Waals surface area contributed by atoms with Crippen LogP contribution in [-0.2, 0) is 13.1 Å². The van der Waals surface area contributed by atoms with Crippen LogP contribution in [0.5, 0.6) is 11.5 Å². The molecular weight excluding hydrogens is 383 g/mol. The first-order valence-corrected chi connectivity index (χ1v) is 10.1. The van der Waals surface area contributed by atoms with Gasteiger partial charge in [0.1, 0.15) is 5.82 Å². The van der Waals surface area contributed by atoms with E-state index in [1.165, 1.54) is 18.9 Å². The van der Waals surface area contributed by atoms with Crippen molar-refractivity contribution in [3.63, 3.8) is 0 Å². The summed E-state index contributed by atoms with van der Waals surface area (Å²) in [5.41, 5.74) is 1.73. The van der Waals surface area contributed by atoms with Crippen LogP contribution >= 0.6 is 0 Å². The highest BCUT2D eigenvalue weighted by atomic mass is 19.1. The molecule has 1 saturated carbocycles. The number of halogens is 1. The molecule has 6 nitrogen and oxygen atoms in total. The van der Waals surface area contributed by atoms with Crippen LogP contribution in [0.25, 0.3) is 0 Å². The smallest absolute Gasteiger partial charge is 0.191 e. The van der Waals surface area contributed by atoms with Crippen LogP contribution in [0.2, 0.25) is 0 Å². The topological polar surface area (TPSA) is 78.7 Å². The Morgan fingerprint density at radius 3 is 2.53 bits per heavy atom. The lowest BCUT2D eigenvalue weighted by Crippen LogP contribution is -2.36. The van der Waals surface area contributed by atoms with E-state index < -0.39 is 5.82 Å². The van der Waals surface area contributed by atoms with E-state index >= 15 is 0 Å². The Morgan fingerprint density at radius 1 is 1.17 bits per heavy atom. The number of nitrogens with zero attached hydrogens (tertiary/aromatic N) is 2. The summed E-state index contributed by atoms with van der Waals surface area (Å²) in [5, 5.41) is 15.2. The number of guanidine groups is 1. The molecule has 0 saturated heterocycles. The largest absolute Gasteiger partial charge is 0.493 e. The third-order valence-corrected chi connectivity index (χ3v) is 5.17. The van der Waals surface area contributed by atoms with Gasteiger partial charge in [-0.3, -0.25) is 4.99 Å². The van der Waals surface area contributed by atoms with Gasteiger partial charge in [-0.2, -0.15) is 5.26 Å². The highest BCUT2D eigenvalue weighted by molar-refractivity contribution is 5.79. The first kappa shape index (κ1) is 21.4. The van der Waals surface area contributed by atoms with Crippen LogP contribution in [0.3, 0.4) is 0 Å². The maximum absolute atomic E-state index is 14.1. The fourth-order valence-electron chi connectivity index (χ4n) is 3.51. The lowest BCUT2D eigenvalue weighted by molar-refractivity contribution is 0.198. The van der Waals surface area contributed by atoms with E-state index in [9.17, 15) is 4.39 Å². The van der Waals surface area contributed by atoms with Gasteiger partial charge < -0.3 is 20.1 Å². The van der Waals surface area contributed by atoms with Gasteiger partial charge in [-0.1, -0.05) is 18.2 Å². The quantitative estimate of drug-likeness (QED) is 0.535. The minimum Gasteiger partial charge on any atom is -0.493 e. The summed E-state index contributed by atoms with van der Waals surface area (Å²) in [4.78, 5) is 4.20. The molecule has 0 atom stereocenters. The van der Waals surface area contributed by atoms with Gasteiger partial charge in [-0.25, -0.2) is 4.39 Å². The molecule has 0 aliphatic heterocycles. The fourth-order valence-corrected chi connectivity index (χ4v) is 3.51. The van der Waals surface area contributed by atoms with Gasteiger partial charge in [0, 0.05) is 31.3 Å². The number of rotatable bonds is 7. The average molecular weight is 410 g/mol. The van der Waals surface area contributed by atoms with Gasteiger partial charge in [0.25, 0.3) is 0 Å². The van der Waals surface area contributed by atoms with Crippen LogP contribution < -0.4 is 20.1 Å². The maximum Gasteiger partial charge on any atom is 0.191 e. The van der Waals surface area contributed by atoms with Crippen molar-refractivity contribution < 1.29 is 13.9 Å². The number of aliphatic imine (C=N–C) groups is 1. The van der Waals surface area contributed by atoms with Crippen molar-refractivity contribution >= 4 is 5.96 Å². The third-order valence-electron chi connectivity index (χ3n) is 5.17. The Labute approximate surface area is 176 Å². The zero-order valence-electron chi connectivity index (χ0n) is 17.4. The van der Waals surface area contributed by atoms with Crippen molar-refractivity contribution in [1.29, 1.82) is 5.26 Å². The molecule has 3 rings (SSSR count). The van der Waals surface area contributed by atoms with E-state index in [1.807, 2.05) is 24.3 Å². The second kappa shape index (κ2) is 10.5. The van der Waals surface area contributed by atoms with Crippen LogP contribution in [0, 0.1) is 17.1 Å². The molecule has 1 fully saturated rings. The first-order chi connectivity index (χ1) is 14.6. The zero-order valence-corrected chi connectivity index (χ0v) is 17.4. The zero-order chi connectivity index (χ0) is 21.3. The van der Waals surface area contributed by atoms with Crippen molar-refractivity contribution in [1.82, 2.24) is 10.6 Å². The van der Waals surface area contributed by atoms with Gasteiger partial charge in [-0.15, -0.1) is 0 Å². The molecule has 0 bridgehead atoms. The van der Waals surface area contributed by atoms with Gasteiger partial charge in [0.2, 0.25) is 0 Å². The molecule has 2 aromatic rings. The van der Waals surface area contributed by atoms with Crippen LogP contribution in [0.15, 0.2) is 41.4 Å². The standard InChI is InChI=1S/C23H27FN4O2/c1-26-23(27-14-17-11-10-16(13-25)12-20(17)24)28-15-18-6-5-9-21(29-2)22(18)30-19-7-3-4-8-19/h5-6,9-12,19H,3-4,7-8,14-15H2,1-2H3,(H2,26,27,28). The molecule has 2 aromatic carbocycles. The molecule has 30 heavy (non-hydrogen) atoms. The first-order valence-electron chi connectivity index (χ1n) is 10.1. The van der Waals surface area contributed by atoms with Crippen molar-refractivity contribution in [3.05, 3.63) is 58.9 Å². The summed E-state index contributed by atoms with van der Waals surface area (Å²) in [5.74, 6) is 1.59. The van der Waals surface area contributed by atoms with E-state index in [2.05, 4.69) is 15.6 Å². The Hall–Kier alpha value is -3.27. The number of nitrogens with one attached hydrogen (secondary N) is 2. The Morgan fingerprint density at radius 2 is 1.90 bits per heavy atom. The molecule has 0 heterocycles. The van der Waals surface area contributed by atoms with E-state index in [-0.39, 0.29) is 12.6 Å². The molecule has 0 radical (unpaired) electrons. The molecule has 1 aliphatic carbocycles. The molecular formula is C23H27FN4O2. The SMILES string of the molecule is CN=C(NCc1ccc(C#N)cc1F)NCc1cccc(OC)c1OC1CCCC1. The van der Waals surface area contributed by atoms with Crippen molar-refractivity contribution in [2.45, 2.75) is 44.9 Å². The molecule has 7 heteroatoms. The van der Waals surface area contributed by atoms with Crippen molar-refractivity contribution in [2.75, 3.05) is 14.2 Å². The highest BCUT2D eigenvalue weighted by Crippen LogP contribution is 2.34. The summed E-state index contributed by atoms with van der Waals surface area (Å²) < 4.78 is 25.9. The second-order valence-electron chi connectivity index (χ2n) is 7.17. The molecule has 0 amide bonds. The Bertz CT molecular complexity index is 933. The highest BCUT2D eigenvalue weighted by Gasteiger charge is 2.20. The van der Waals surface area contributed by atoms with Crippen LogP contribution in [0.4, 0.5) is 4.39 Å². The minimum absolute atomic E-state index is 0.219. The molecule has 0 unspecified atom stereocenters. The van der Waals surface area contributed by atoms with Gasteiger partial charge in [-0.05, 0) is 43.9 Å². The predicted molar refractivity (Wildman–Crippen MR) is 114 cm³/mol. The number of nitriles is 1. The van der Waals surface area contributed by atoms with Crippen molar-refractivity contribution in [3.8, 4) is 17.6 Å². The monoisotopic (exact) mass is 410 g/mol. The molecule has 0 spiro atoms. The molecule has 158 valence electrons. The van der Waals surface area contributed by atoms with E-state index in [4.69, 9.17) is 14.7 Å². The number of para-hydroxylation sites is 1. The van der Waals surface area contributed by atoms with Crippen LogP contribution in [0.1, 0.15) is 42.4 Å². The summed E-state index contributed by atoms with van der Waals surface area (Å²) in [6, 6.07) is 12.2. The minimum atomic E-state index is -0.419. The molecule has 2 N–H and O–H groups in total. The van der Waals surface area contributed by atoms with Crippen LogP contribution in [-0.4, -0.2) is 26.2 Å². The summed E-state index contributed by atoms with van der Waals surface area (Å²) in [6.45, 7) is 0.732. The number of benzene rings is 2. The van der Waals surface area contributed by atoms with E-state index in [0.717, 1.165) is 24.2 Å². The second-order valence-corrected chi connectivity index (χ2v) is 7.17. The number of hydrogen-bond acceptors (Lipinski definition) is 4. The summed E-state index contributed by atoms with van der Waals surface area (Å²) in [6.07, 6.45) is 4.72. The van der Waals surface area contributed by atoms with E-state index in [0.29, 0.717) is 29.4 Å². The van der Waals surface area contributed by atoms with Gasteiger partial charge in [0.05, 0.1) is 24.8 Å². The number of ether oxygens (including phenoxy) is 2. The molecule has 0 aromatic heterocycles. The summed E-state index contributed by atoms with van der Waals surface area (Å²) >= 11 is 0. The van der Waals surface area contributed by atoms with Crippen molar-refractivity contribution in [2.24, 2.45) is 4.99 Å². The lowest BCUT2D eigenvalue weighted by atomic mass is 10.1. The maximum atomic E-state index is 14.1. The predicted octanol–water partition coefficient (Wildman–Crippen LogP) is 3.89. The average Bonchev–Trinajstić information content (AvgIpc) is 3.28. The van der Waals surface area contributed by atoms with Gasteiger partial charge >= 0.3 is 0 Å². The lowest BCUT2D eigenvalue weighted by Gasteiger charge is -2.20. The number of methoxy groups -OCH3 is 1. The third kappa shape index (κ3) is 5.41. The normalized spacial score (nSPS) is 14.3. The van der Waals surface area contributed by atoms with Gasteiger partial charge in [0.15, 0.2) is 17.5 Å². The number of hydrogen-bond donors (Lipinski definition) is 2. The Balaban J connectivity index is 1.64. The van der Waals surface area contributed by atoms with E-state index in [1.54, 1.807) is 26.3 Å². The summed E-state index contributed by atoms with van der Waals surface area (Å²) in [7, 11) is 3.30.